The summed E-state index contributed by atoms with van der Waals surface area (Å²) in [5.41, 5.74) is 2.75. The Balaban J connectivity index is 1.48. The van der Waals surface area contributed by atoms with Gasteiger partial charge < -0.3 is 19.7 Å². The number of ether oxygens (including phenoxy) is 2. The smallest absolute Gasteiger partial charge is 0.162 e. The number of fused-ring (bicyclic) bond motifs is 1. The van der Waals surface area contributed by atoms with E-state index in [4.69, 9.17) is 37.9 Å². The first-order valence-electron chi connectivity index (χ1n) is 12.1. The lowest BCUT2D eigenvalue weighted by atomic mass is 9.86. The molecule has 1 fully saturated rings. The molecule has 0 bridgehead atoms. The standard InChI is InChI=1S/C27H24Cl2N8O2/c1-15(24-19(28)11-33-12-20(24)29)39-23-7-18-21(8-22(23)38-3)35-36-25(18)17-6-16(9-31)26(34-10-17)37-13-27(14-37,32-2)4-5-30/h6-8,10-12,15,32H,4,13-14H2,1-3H3,(H,35,36)/t15-/m1/s1. The van der Waals surface area contributed by atoms with Crippen molar-refractivity contribution in [3.05, 3.63) is 58.0 Å². The van der Waals surface area contributed by atoms with Gasteiger partial charge in [-0.15, -0.1) is 0 Å². The first kappa shape index (κ1) is 26.5. The summed E-state index contributed by atoms with van der Waals surface area (Å²) in [6, 6.07) is 9.87. The maximum atomic E-state index is 9.90. The van der Waals surface area contributed by atoms with Crippen LogP contribution in [0.4, 0.5) is 5.82 Å². The molecule has 12 heteroatoms. The van der Waals surface area contributed by atoms with Gasteiger partial charge in [-0.1, -0.05) is 23.2 Å². The number of hydrogen-bond donors (Lipinski definition) is 2. The highest BCUT2D eigenvalue weighted by atomic mass is 35.5. The number of anilines is 1. The van der Waals surface area contributed by atoms with Crippen LogP contribution in [0.15, 0.2) is 36.8 Å². The van der Waals surface area contributed by atoms with Crippen molar-refractivity contribution in [2.75, 3.05) is 32.1 Å². The van der Waals surface area contributed by atoms with Gasteiger partial charge in [0.1, 0.15) is 23.7 Å². The normalized spacial score (nSPS) is 14.8. The topological polar surface area (TPSA) is 136 Å². The lowest BCUT2D eigenvalue weighted by Gasteiger charge is -2.49. The minimum absolute atomic E-state index is 0.294. The summed E-state index contributed by atoms with van der Waals surface area (Å²) in [4.78, 5) is 10.6. The maximum Gasteiger partial charge on any atom is 0.162 e. The van der Waals surface area contributed by atoms with Gasteiger partial charge in [0.25, 0.3) is 0 Å². The minimum atomic E-state index is -0.497. The number of rotatable bonds is 8. The van der Waals surface area contributed by atoms with Gasteiger partial charge in [-0.25, -0.2) is 4.98 Å². The first-order chi connectivity index (χ1) is 18.8. The second-order valence-electron chi connectivity index (χ2n) is 9.33. The Morgan fingerprint density at radius 2 is 1.90 bits per heavy atom. The van der Waals surface area contributed by atoms with Crippen molar-refractivity contribution in [1.29, 1.82) is 10.5 Å². The molecule has 0 unspecified atom stereocenters. The third-order valence-electron chi connectivity index (χ3n) is 6.94. The van der Waals surface area contributed by atoms with E-state index in [2.05, 4.69) is 37.6 Å². The molecule has 1 aromatic carbocycles. The fourth-order valence-electron chi connectivity index (χ4n) is 4.82. The van der Waals surface area contributed by atoms with Crippen molar-refractivity contribution in [2.24, 2.45) is 0 Å². The molecule has 4 heterocycles. The first-order valence-corrected chi connectivity index (χ1v) is 12.8. The van der Waals surface area contributed by atoms with Crippen LogP contribution in [0.1, 0.15) is 30.6 Å². The number of halogens is 2. The number of benzene rings is 1. The van der Waals surface area contributed by atoms with Crippen LogP contribution >= 0.6 is 23.2 Å². The molecule has 1 saturated heterocycles. The Bertz CT molecular complexity index is 1620. The highest BCUT2D eigenvalue weighted by Crippen LogP contribution is 2.40. The zero-order valence-corrected chi connectivity index (χ0v) is 22.9. The number of pyridine rings is 2. The van der Waals surface area contributed by atoms with Gasteiger partial charge in [0.15, 0.2) is 11.5 Å². The number of aromatic nitrogens is 4. The molecule has 1 atom stereocenters. The van der Waals surface area contributed by atoms with Crippen LogP contribution < -0.4 is 19.7 Å². The molecular weight excluding hydrogens is 539 g/mol. The Hall–Kier alpha value is -4.09. The number of H-pyrrole nitrogens is 1. The van der Waals surface area contributed by atoms with Crippen molar-refractivity contribution < 1.29 is 9.47 Å². The molecular formula is C27H24Cl2N8O2. The molecule has 0 aliphatic carbocycles. The molecule has 4 aromatic rings. The number of hydrogen-bond acceptors (Lipinski definition) is 9. The van der Waals surface area contributed by atoms with Gasteiger partial charge in [-0.05, 0) is 26.1 Å². The predicted octanol–water partition coefficient (Wildman–Crippen LogP) is 5.04. The van der Waals surface area contributed by atoms with E-state index in [9.17, 15) is 5.26 Å². The van der Waals surface area contributed by atoms with Crippen LogP contribution in [0.25, 0.3) is 22.2 Å². The van der Waals surface area contributed by atoms with E-state index in [0.29, 0.717) is 69.3 Å². The fourth-order valence-corrected chi connectivity index (χ4v) is 5.49. The zero-order valence-electron chi connectivity index (χ0n) is 21.4. The van der Waals surface area contributed by atoms with E-state index >= 15 is 0 Å². The van der Waals surface area contributed by atoms with Gasteiger partial charge in [-0.3, -0.25) is 10.1 Å². The second kappa shape index (κ2) is 10.6. The van der Waals surface area contributed by atoms with E-state index in [1.165, 1.54) is 12.4 Å². The number of aromatic amines is 1. The van der Waals surface area contributed by atoms with Gasteiger partial charge in [-0.2, -0.15) is 15.6 Å². The SMILES string of the molecule is CNC1(CC#N)CN(c2ncc(-c3n[nH]c4cc(OC)c(O[C@H](C)c5c(Cl)cncc5Cl)cc34)cc2C#N)C1. The van der Waals surface area contributed by atoms with E-state index in [0.717, 1.165) is 10.9 Å². The largest absolute Gasteiger partial charge is 0.493 e. The summed E-state index contributed by atoms with van der Waals surface area (Å²) in [5, 5.41) is 31.4. The van der Waals surface area contributed by atoms with E-state index < -0.39 is 6.10 Å². The van der Waals surface area contributed by atoms with Gasteiger partial charge in [0, 0.05) is 54.3 Å². The molecule has 2 N–H and O–H groups in total. The number of likely N-dealkylation sites (N-methyl/N-ethyl adjacent to an activating group) is 1. The average molecular weight is 563 g/mol. The quantitative estimate of drug-likeness (QED) is 0.302. The fraction of sp³-hybridized carbons (Fsp3) is 0.296. The number of nitrogens with one attached hydrogen (secondary N) is 2. The molecule has 0 saturated carbocycles. The summed E-state index contributed by atoms with van der Waals surface area (Å²) in [6.07, 6.45) is 4.61. The van der Waals surface area contributed by atoms with E-state index in [1.54, 1.807) is 25.4 Å². The molecule has 1 aliphatic heterocycles. The Kier molecular flexibility index (Phi) is 7.19. The summed E-state index contributed by atoms with van der Waals surface area (Å²) in [6.45, 7) is 3.02. The molecule has 3 aromatic heterocycles. The monoisotopic (exact) mass is 562 g/mol. The predicted molar refractivity (Wildman–Crippen MR) is 148 cm³/mol. The van der Waals surface area contributed by atoms with Crippen LogP contribution in [-0.2, 0) is 0 Å². The maximum absolute atomic E-state index is 9.90. The lowest BCUT2D eigenvalue weighted by Crippen LogP contribution is -2.68. The van der Waals surface area contributed by atoms with Crippen molar-refractivity contribution in [3.63, 3.8) is 0 Å². The van der Waals surface area contributed by atoms with Crippen LogP contribution in [0.5, 0.6) is 11.5 Å². The third-order valence-corrected chi connectivity index (χ3v) is 7.55. The molecule has 0 spiro atoms. The molecule has 10 nitrogen and oxygen atoms in total. The van der Waals surface area contributed by atoms with E-state index in [-0.39, 0.29) is 5.54 Å². The number of nitriles is 2. The Labute approximate surface area is 235 Å². The molecule has 5 rings (SSSR count). The number of nitrogens with zero attached hydrogens (tertiary/aromatic N) is 6. The highest BCUT2D eigenvalue weighted by Gasteiger charge is 2.43. The van der Waals surface area contributed by atoms with Gasteiger partial charge in [0.05, 0.1) is 46.3 Å². The second-order valence-corrected chi connectivity index (χ2v) is 10.1. The van der Waals surface area contributed by atoms with Gasteiger partial charge in [0.2, 0.25) is 0 Å². The molecule has 0 amide bonds. The van der Waals surface area contributed by atoms with Crippen LogP contribution in [0.2, 0.25) is 10.0 Å². The Morgan fingerprint density at radius 3 is 2.54 bits per heavy atom. The summed E-state index contributed by atoms with van der Waals surface area (Å²) < 4.78 is 11.8. The molecule has 0 radical (unpaired) electrons. The molecule has 198 valence electrons. The lowest BCUT2D eigenvalue weighted by molar-refractivity contribution is 0.216. The third kappa shape index (κ3) is 4.79. The summed E-state index contributed by atoms with van der Waals surface area (Å²) in [7, 11) is 3.40. The average Bonchev–Trinajstić information content (AvgIpc) is 3.32. The van der Waals surface area contributed by atoms with Crippen molar-refractivity contribution in [3.8, 4) is 34.9 Å². The van der Waals surface area contributed by atoms with Crippen molar-refractivity contribution >= 4 is 39.9 Å². The summed E-state index contributed by atoms with van der Waals surface area (Å²) in [5.74, 6) is 1.55. The minimum Gasteiger partial charge on any atom is -0.493 e. The number of methoxy groups -OCH3 is 1. The molecule has 39 heavy (non-hydrogen) atoms. The summed E-state index contributed by atoms with van der Waals surface area (Å²) >= 11 is 12.7. The Morgan fingerprint density at radius 1 is 1.15 bits per heavy atom. The van der Waals surface area contributed by atoms with Crippen molar-refractivity contribution in [2.45, 2.75) is 25.0 Å². The van der Waals surface area contributed by atoms with E-state index in [1.807, 2.05) is 24.9 Å². The van der Waals surface area contributed by atoms with Crippen LogP contribution in [0, 0.1) is 22.7 Å². The molecule has 1 aliphatic rings. The zero-order chi connectivity index (χ0) is 27.7. The van der Waals surface area contributed by atoms with Crippen molar-refractivity contribution in [1.82, 2.24) is 25.5 Å². The highest BCUT2D eigenvalue weighted by molar-refractivity contribution is 6.35. The van der Waals surface area contributed by atoms with Crippen LogP contribution in [-0.4, -0.2) is 53.0 Å². The van der Waals surface area contributed by atoms with Crippen LogP contribution in [0.3, 0.4) is 0 Å². The van der Waals surface area contributed by atoms with Gasteiger partial charge >= 0.3 is 0 Å².